The summed E-state index contributed by atoms with van der Waals surface area (Å²) < 4.78 is 46.2. The van der Waals surface area contributed by atoms with Crippen LogP contribution in [-0.2, 0) is 0 Å². The molecule has 0 spiro atoms. The molecule has 3 aromatic rings. The third-order valence-corrected chi connectivity index (χ3v) is 3.87. The SMILES string of the molecule is O=[N+]([O-])c1ccc(-c2ccc(OC(F)(F)F)cc2)cc1Oc1ccc(Cl)cc1. The van der Waals surface area contributed by atoms with Crippen molar-refractivity contribution in [1.82, 2.24) is 0 Å². The van der Waals surface area contributed by atoms with Crippen LogP contribution in [0.1, 0.15) is 0 Å². The molecule has 5 nitrogen and oxygen atoms in total. The lowest BCUT2D eigenvalue weighted by Crippen LogP contribution is -2.16. The van der Waals surface area contributed by atoms with Crippen molar-refractivity contribution in [1.29, 1.82) is 0 Å². The molecule has 0 bridgehead atoms. The van der Waals surface area contributed by atoms with Gasteiger partial charge in [-0.25, -0.2) is 0 Å². The number of nitro groups is 1. The number of nitrogens with zero attached hydrogens (tertiary/aromatic N) is 1. The topological polar surface area (TPSA) is 61.6 Å². The van der Waals surface area contributed by atoms with Gasteiger partial charge in [0.1, 0.15) is 11.5 Å². The summed E-state index contributed by atoms with van der Waals surface area (Å²) in [6.45, 7) is 0. The number of ether oxygens (including phenoxy) is 2. The van der Waals surface area contributed by atoms with Gasteiger partial charge in [-0.1, -0.05) is 23.7 Å². The zero-order valence-corrected chi connectivity index (χ0v) is 14.7. The summed E-state index contributed by atoms with van der Waals surface area (Å²) in [5.74, 6) is -0.0326. The van der Waals surface area contributed by atoms with E-state index in [-0.39, 0.29) is 17.2 Å². The van der Waals surface area contributed by atoms with Crippen molar-refractivity contribution in [3.63, 3.8) is 0 Å². The Kier molecular flexibility index (Phi) is 5.41. The molecule has 0 atom stereocenters. The molecule has 9 heteroatoms. The van der Waals surface area contributed by atoms with Gasteiger partial charge < -0.3 is 9.47 Å². The van der Waals surface area contributed by atoms with Crippen LogP contribution in [-0.4, -0.2) is 11.3 Å². The number of hydrogen-bond acceptors (Lipinski definition) is 4. The van der Waals surface area contributed by atoms with Crippen LogP contribution in [0.4, 0.5) is 18.9 Å². The van der Waals surface area contributed by atoms with E-state index >= 15 is 0 Å². The van der Waals surface area contributed by atoms with Crippen molar-refractivity contribution in [2.75, 3.05) is 0 Å². The highest BCUT2D eigenvalue weighted by molar-refractivity contribution is 6.30. The number of alkyl halides is 3. The Balaban J connectivity index is 1.92. The first-order valence-electron chi connectivity index (χ1n) is 7.79. The van der Waals surface area contributed by atoms with Crippen LogP contribution in [0, 0.1) is 10.1 Å². The predicted molar refractivity (Wildman–Crippen MR) is 96.7 cm³/mol. The Morgan fingerprint density at radius 2 is 1.43 bits per heavy atom. The number of halogens is 4. The summed E-state index contributed by atoms with van der Waals surface area (Å²) >= 11 is 5.81. The van der Waals surface area contributed by atoms with Crippen LogP contribution >= 0.6 is 11.6 Å². The first-order chi connectivity index (χ1) is 13.2. The normalized spacial score (nSPS) is 11.1. The maximum absolute atomic E-state index is 12.3. The molecule has 0 saturated carbocycles. The highest BCUT2D eigenvalue weighted by atomic mass is 35.5. The van der Waals surface area contributed by atoms with Gasteiger partial charge in [0.25, 0.3) is 0 Å². The number of hydrogen-bond donors (Lipinski definition) is 0. The fourth-order valence-electron chi connectivity index (χ4n) is 2.40. The molecular weight excluding hydrogens is 399 g/mol. The van der Waals surface area contributed by atoms with E-state index in [0.29, 0.717) is 21.9 Å². The van der Waals surface area contributed by atoms with Gasteiger partial charge in [-0.05, 0) is 59.7 Å². The van der Waals surface area contributed by atoms with E-state index in [0.717, 1.165) is 12.1 Å². The minimum atomic E-state index is -4.78. The van der Waals surface area contributed by atoms with Crippen molar-refractivity contribution in [3.05, 3.63) is 81.9 Å². The second-order valence-corrected chi connectivity index (χ2v) is 6.00. The Morgan fingerprint density at radius 3 is 2.00 bits per heavy atom. The Bertz CT molecular complexity index is 990. The number of rotatable bonds is 5. The molecule has 0 unspecified atom stereocenters. The largest absolute Gasteiger partial charge is 0.573 e. The molecule has 3 aromatic carbocycles. The second kappa shape index (κ2) is 7.77. The quantitative estimate of drug-likeness (QED) is 0.351. The van der Waals surface area contributed by atoms with Crippen LogP contribution in [0.2, 0.25) is 5.02 Å². The average Bonchev–Trinajstić information content (AvgIpc) is 2.63. The highest BCUT2D eigenvalue weighted by Gasteiger charge is 2.31. The van der Waals surface area contributed by atoms with E-state index in [1.807, 2.05) is 0 Å². The van der Waals surface area contributed by atoms with E-state index in [4.69, 9.17) is 16.3 Å². The van der Waals surface area contributed by atoms with E-state index in [1.54, 1.807) is 24.3 Å². The average molecular weight is 410 g/mol. The van der Waals surface area contributed by atoms with E-state index in [2.05, 4.69) is 4.74 Å². The van der Waals surface area contributed by atoms with E-state index in [9.17, 15) is 23.3 Å². The van der Waals surface area contributed by atoms with E-state index < -0.39 is 11.3 Å². The van der Waals surface area contributed by atoms with Gasteiger partial charge in [0.2, 0.25) is 5.75 Å². The third-order valence-electron chi connectivity index (χ3n) is 3.62. The molecule has 0 aliphatic rings. The smallest absolute Gasteiger partial charge is 0.450 e. The molecule has 0 saturated heterocycles. The lowest BCUT2D eigenvalue weighted by Gasteiger charge is -2.11. The molecule has 0 aliphatic carbocycles. The first-order valence-corrected chi connectivity index (χ1v) is 8.17. The molecule has 0 N–H and O–H groups in total. The Hall–Kier alpha value is -3.26. The van der Waals surface area contributed by atoms with Crippen LogP contribution in [0.15, 0.2) is 66.7 Å². The van der Waals surface area contributed by atoms with Crippen molar-refractivity contribution >= 4 is 17.3 Å². The zero-order valence-electron chi connectivity index (χ0n) is 13.9. The van der Waals surface area contributed by atoms with Crippen molar-refractivity contribution in [2.45, 2.75) is 6.36 Å². The standard InChI is InChI=1S/C19H11ClF3NO4/c20-14-4-8-15(9-5-14)27-18-11-13(3-10-17(18)24(25)26)12-1-6-16(7-2-12)28-19(21,22)23/h1-11H. The van der Waals surface area contributed by atoms with Crippen LogP contribution in [0.5, 0.6) is 17.2 Å². The molecule has 0 fully saturated rings. The molecule has 144 valence electrons. The fourth-order valence-corrected chi connectivity index (χ4v) is 2.53. The fraction of sp³-hybridized carbons (Fsp3) is 0.0526. The van der Waals surface area contributed by atoms with Crippen LogP contribution in [0.3, 0.4) is 0 Å². The lowest BCUT2D eigenvalue weighted by atomic mass is 10.0. The van der Waals surface area contributed by atoms with Gasteiger partial charge in [0.15, 0.2) is 0 Å². The number of benzene rings is 3. The van der Waals surface area contributed by atoms with Gasteiger partial charge >= 0.3 is 12.0 Å². The van der Waals surface area contributed by atoms with Gasteiger partial charge in [-0.15, -0.1) is 13.2 Å². The summed E-state index contributed by atoms with van der Waals surface area (Å²) in [6, 6.07) is 15.6. The molecule has 0 aliphatic heterocycles. The maximum atomic E-state index is 12.3. The summed E-state index contributed by atoms with van der Waals surface area (Å²) in [5.41, 5.74) is 0.800. The van der Waals surface area contributed by atoms with Gasteiger partial charge in [-0.3, -0.25) is 10.1 Å². The van der Waals surface area contributed by atoms with Crippen molar-refractivity contribution in [3.8, 4) is 28.4 Å². The Morgan fingerprint density at radius 1 is 0.857 bits per heavy atom. The van der Waals surface area contributed by atoms with Gasteiger partial charge in [0, 0.05) is 11.1 Å². The minimum Gasteiger partial charge on any atom is -0.450 e. The summed E-state index contributed by atoms with van der Waals surface area (Å²) in [5, 5.41) is 11.8. The minimum absolute atomic E-state index is 0.0135. The summed E-state index contributed by atoms with van der Waals surface area (Å²) in [7, 11) is 0. The molecule has 3 rings (SSSR count). The monoisotopic (exact) mass is 409 g/mol. The molecule has 0 radical (unpaired) electrons. The number of nitro benzene ring substituents is 1. The molecule has 0 amide bonds. The molecule has 0 heterocycles. The molecular formula is C19H11ClF3NO4. The highest BCUT2D eigenvalue weighted by Crippen LogP contribution is 2.36. The maximum Gasteiger partial charge on any atom is 0.573 e. The van der Waals surface area contributed by atoms with Gasteiger partial charge in [0.05, 0.1) is 4.92 Å². The van der Waals surface area contributed by atoms with Crippen molar-refractivity contribution < 1.29 is 27.6 Å². The zero-order chi connectivity index (χ0) is 20.3. The molecule has 28 heavy (non-hydrogen) atoms. The van der Waals surface area contributed by atoms with E-state index in [1.165, 1.54) is 30.3 Å². The third kappa shape index (κ3) is 4.92. The lowest BCUT2D eigenvalue weighted by molar-refractivity contribution is -0.385. The Labute approximate surface area is 162 Å². The van der Waals surface area contributed by atoms with Crippen LogP contribution in [0.25, 0.3) is 11.1 Å². The van der Waals surface area contributed by atoms with Crippen molar-refractivity contribution in [2.24, 2.45) is 0 Å². The molecule has 0 aromatic heterocycles. The van der Waals surface area contributed by atoms with Gasteiger partial charge in [-0.2, -0.15) is 0 Å². The summed E-state index contributed by atoms with van der Waals surface area (Å²) in [4.78, 5) is 10.7. The first kappa shape index (κ1) is 19.5. The second-order valence-electron chi connectivity index (χ2n) is 5.57. The van der Waals surface area contributed by atoms with Crippen LogP contribution < -0.4 is 9.47 Å². The summed E-state index contributed by atoms with van der Waals surface area (Å²) in [6.07, 6.45) is -4.78. The predicted octanol–water partition coefficient (Wildman–Crippen LogP) is 6.61.